The van der Waals surface area contributed by atoms with Gasteiger partial charge in [0.05, 0.1) is 12.8 Å². The number of ether oxygens (including phenoxy) is 1. The lowest BCUT2D eigenvalue weighted by molar-refractivity contribution is -0.149. The summed E-state index contributed by atoms with van der Waals surface area (Å²) in [7, 11) is 1.40. The molecular formula is C18H23ClN2O2. The Morgan fingerprint density at radius 2 is 2.30 bits per heavy atom. The largest absolute Gasteiger partial charge is 0.468 e. The number of rotatable bonds is 5. The van der Waals surface area contributed by atoms with Crippen molar-refractivity contribution in [1.82, 2.24) is 9.88 Å². The number of aryl methyl sites for hydroxylation is 1. The number of carbonyl (C=O) groups is 1. The van der Waals surface area contributed by atoms with Crippen LogP contribution in [0.25, 0.3) is 0 Å². The van der Waals surface area contributed by atoms with Gasteiger partial charge in [0.25, 0.3) is 0 Å². The van der Waals surface area contributed by atoms with Gasteiger partial charge in [0, 0.05) is 19.6 Å². The molecule has 0 saturated heterocycles. The molecule has 2 heterocycles. The summed E-state index contributed by atoms with van der Waals surface area (Å²) in [5.74, 6) is -0.308. The summed E-state index contributed by atoms with van der Waals surface area (Å²) in [6, 6.07) is 2.01. The van der Waals surface area contributed by atoms with Gasteiger partial charge in [-0.05, 0) is 37.5 Å². The van der Waals surface area contributed by atoms with Crippen LogP contribution in [-0.4, -0.2) is 36.1 Å². The quantitative estimate of drug-likeness (QED) is 0.470. The molecule has 0 bridgehead atoms. The topological polar surface area (TPSA) is 42.4 Å². The number of hydrogen-bond acceptors (Lipinski definition) is 4. The molecule has 1 unspecified atom stereocenters. The molecule has 1 aromatic rings. The molecule has 0 saturated carbocycles. The highest BCUT2D eigenvalue weighted by Gasteiger charge is 2.47. The van der Waals surface area contributed by atoms with Crippen LogP contribution in [0.1, 0.15) is 30.2 Å². The maximum atomic E-state index is 12.7. The lowest BCUT2D eigenvalue weighted by atomic mass is 9.75. The Labute approximate surface area is 142 Å². The third-order valence-electron chi connectivity index (χ3n) is 4.13. The molecule has 0 fully saturated rings. The minimum Gasteiger partial charge on any atom is -0.468 e. The minimum absolute atomic E-state index is 0.308. The highest BCUT2D eigenvalue weighted by Crippen LogP contribution is 2.38. The van der Waals surface area contributed by atoms with Crippen molar-refractivity contribution in [2.24, 2.45) is 0 Å². The maximum Gasteiger partial charge on any atom is 0.319 e. The van der Waals surface area contributed by atoms with Crippen LogP contribution in [-0.2, 0) is 21.5 Å². The number of hydrogen-bond donors (Lipinski definition) is 0. The molecule has 0 radical (unpaired) electrons. The molecule has 4 nitrogen and oxygen atoms in total. The van der Waals surface area contributed by atoms with E-state index in [1.165, 1.54) is 7.11 Å². The SMILES string of the molecule is C=CCC1(C(=O)OC)CN(CC(=C)C)Cc2cc(C)c(Cl)nc21. The number of fused-ring (bicyclic) bond motifs is 1. The van der Waals surface area contributed by atoms with Crippen LogP contribution in [0.5, 0.6) is 0 Å². The average Bonchev–Trinajstić information content (AvgIpc) is 2.48. The second-order valence-corrected chi connectivity index (χ2v) is 6.63. The van der Waals surface area contributed by atoms with Crippen LogP contribution >= 0.6 is 11.6 Å². The zero-order valence-electron chi connectivity index (χ0n) is 14.0. The second kappa shape index (κ2) is 6.85. The fourth-order valence-electron chi connectivity index (χ4n) is 3.28. The molecule has 1 atom stereocenters. The highest BCUT2D eigenvalue weighted by atomic mass is 35.5. The summed E-state index contributed by atoms with van der Waals surface area (Å²) < 4.78 is 5.11. The van der Waals surface area contributed by atoms with Gasteiger partial charge >= 0.3 is 5.97 Å². The fraction of sp³-hybridized carbons (Fsp3) is 0.444. The predicted molar refractivity (Wildman–Crippen MR) is 92.6 cm³/mol. The number of nitrogens with zero attached hydrogens (tertiary/aromatic N) is 2. The number of esters is 1. The first-order valence-electron chi connectivity index (χ1n) is 7.56. The molecule has 0 N–H and O–H groups in total. The van der Waals surface area contributed by atoms with E-state index < -0.39 is 5.41 Å². The minimum atomic E-state index is -0.878. The molecule has 0 aliphatic carbocycles. The number of aromatic nitrogens is 1. The molecule has 2 rings (SSSR count). The Bertz CT molecular complexity index is 657. The van der Waals surface area contributed by atoms with Crippen LogP contribution in [0.2, 0.25) is 5.15 Å². The van der Waals surface area contributed by atoms with E-state index in [9.17, 15) is 4.79 Å². The number of allylic oxidation sites excluding steroid dienone is 1. The van der Waals surface area contributed by atoms with E-state index in [1.54, 1.807) is 6.08 Å². The van der Waals surface area contributed by atoms with Crippen LogP contribution in [0.3, 0.4) is 0 Å². The van der Waals surface area contributed by atoms with Crippen molar-refractivity contribution in [2.45, 2.75) is 32.2 Å². The van der Waals surface area contributed by atoms with Crippen molar-refractivity contribution < 1.29 is 9.53 Å². The molecule has 0 aromatic carbocycles. The van der Waals surface area contributed by atoms with E-state index in [0.29, 0.717) is 30.4 Å². The molecule has 0 amide bonds. The molecule has 0 spiro atoms. The maximum absolute atomic E-state index is 12.7. The molecule has 23 heavy (non-hydrogen) atoms. The summed E-state index contributed by atoms with van der Waals surface area (Å²) in [5.41, 5.74) is 2.78. The second-order valence-electron chi connectivity index (χ2n) is 6.27. The fourth-order valence-corrected chi connectivity index (χ4v) is 3.42. The van der Waals surface area contributed by atoms with Crippen molar-refractivity contribution in [1.29, 1.82) is 0 Å². The van der Waals surface area contributed by atoms with Crippen molar-refractivity contribution in [3.05, 3.63) is 52.8 Å². The van der Waals surface area contributed by atoms with Gasteiger partial charge < -0.3 is 4.74 Å². The Morgan fingerprint density at radius 1 is 1.61 bits per heavy atom. The third-order valence-corrected chi connectivity index (χ3v) is 4.52. The van der Waals surface area contributed by atoms with E-state index in [4.69, 9.17) is 16.3 Å². The van der Waals surface area contributed by atoms with Gasteiger partial charge in [-0.3, -0.25) is 9.69 Å². The van der Waals surface area contributed by atoms with E-state index in [0.717, 1.165) is 23.2 Å². The zero-order valence-corrected chi connectivity index (χ0v) is 14.7. The first-order chi connectivity index (χ1) is 10.8. The van der Waals surface area contributed by atoms with Crippen molar-refractivity contribution >= 4 is 17.6 Å². The molecule has 1 aliphatic rings. The Morgan fingerprint density at radius 3 is 2.87 bits per heavy atom. The first-order valence-corrected chi connectivity index (χ1v) is 7.94. The van der Waals surface area contributed by atoms with Gasteiger partial charge in [-0.15, -0.1) is 6.58 Å². The van der Waals surface area contributed by atoms with Crippen LogP contribution in [0, 0.1) is 6.92 Å². The van der Waals surface area contributed by atoms with Gasteiger partial charge in [0.15, 0.2) is 0 Å². The van der Waals surface area contributed by atoms with Crippen LogP contribution in [0.15, 0.2) is 30.9 Å². The number of methoxy groups -OCH3 is 1. The van der Waals surface area contributed by atoms with Crippen molar-refractivity contribution in [3.8, 4) is 0 Å². The van der Waals surface area contributed by atoms with Gasteiger partial charge in [-0.25, -0.2) is 4.98 Å². The molecule has 1 aliphatic heterocycles. The summed E-state index contributed by atoms with van der Waals surface area (Å²) in [6.07, 6.45) is 2.19. The predicted octanol–water partition coefficient (Wildman–Crippen LogP) is 3.42. The van der Waals surface area contributed by atoms with Crippen molar-refractivity contribution in [2.75, 3.05) is 20.2 Å². The number of carbonyl (C=O) groups excluding carboxylic acids is 1. The van der Waals surface area contributed by atoms with Crippen LogP contribution < -0.4 is 0 Å². The lowest BCUT2D eigenvalue weighted by Gasteiger charge is -2.41. The molecule has 124 valence electrons. The summed E-state index contributed by atoms with van der Waals surface area (Å²) >= 11 is 6.22. The normalized spacial score (nSPS) is 20.7. The Balaban J connectivity index is 2.63. The van der Waals surface area contributed by atoms with Gasteiger partial charge in [0.1, 0.15) is 10.6 Å². The van der Waals surface area contributed by atoms with Crippen LogP contribution in [0.4, 0.5) is 0 Å². The average molecular weight is 335 g/mol. The number of halogens is 1. The smallest absolute Gasteiger partial charge is 0.319 e. The van der Waals surface area contributed by atoms with E-state index >= 15 is 0 Å². The van der Waals surface area contributed by atoms with Gasteiger partial charge in [-0.2, -0.15) is 0 Å². The summed E-state index contributed by atoms with van der Waals surface area (Å²) in [4.78, 5) is 19.4. The van der Waals surface area contributed by atoms with Gasteiger partial charge in [0.2, 0.25) is 0 Å². The van der Waals surface area contributed by atoms with E-state index in [-0.39, 0.29) is 5.97 Å². The summed E-state index contributed by atoms with van der Waals surface area (Å²) in [5, 5.41) is 0.425. The van der Waals surface area contributed by atoms with E-state index in [2.05, 4.69) is 23.0 Å². The Hall–Kier alpha value is -1.65. The zero-order chi connectivity index (χ0) is 17.2. The molecule has 5 heteroatoms. The standard InChI is InChI=1S/C18H23ClN2O2/c1-6-7-18(17(22)23-5)11-21(9-12(2)3)10-14-8-13(4)16(19)20-15(14)18/h6,8H,1-2,7,9-11H2,3-5H3. The number of pyridine rings is 1. The van der Waals surface area contributed by atoms with Crippen molar-refractivity contribution in [3.63, 3.8) is 0 Å². The third kappa shape index (κ3) is 3.33. The lowest BCUT2D eigenvalue weighted by Crippen LogP contribution is -2.52. The Kier molecular flexibility index (Phi) is 5.27. The monoisotopic (exact) mass is 334 g/mol. The molecule has 1 aromatic heterocycles. The van der Waals surface area contributed by atoms with Gasteiger partial charge in [-0.1, -0.05) is 29.8 Å². The highest BCUT2D eigenvalue weighted by molar-refractivity contribution is 6.30. The van der Waals surface area contributed by atoms with E-state index in [1.807, 2.05) is 19.9 Å². The summed E-state index contributed by atoms with van der Waals surface area (Å²) in [6.45, 7) is 13.6. The molecular weight excluding hydrogens is 312 g/mol. The first kappa shape index (κ1) is 17.7.